The minimum atomic E-state index is -3.01. The van der Waals surface area contributed by atoms with Gasteiger partial charge in [-0.25, -0.2) is 4.98 Å². The number of fused-ring (bicyclic) bond motifs is 13. The SMILES string of the molecule is O=P1(c2ccc(-c3ccc4c(ccc5c6ccccc6c6nc7ccccc7n6c45)c3)nc2)c2ccccc2-c2ccccc21. The van der Waals surface area contributed by atoms with Crippen molar-refractivity contribution in [2.45, 2.75) is 0 Å². The van der Waals surface area contributed by atoms with Crippen LogP contribution in [0.2, 0.25) is 0 Å². The number of para-hydroxylation sites is 2. The average Bonchev–Trinajstić information content (AvgIpc) is 3.62. The Morgan fingerprint density at radius 1 is 0.578 bits per heavy atom. The van der Waals surface area contributed by atoms with Gasteiger partial charge in [0.25, 0.3) is 0 Å². The van der Waals surface area contributed by atoms with Crippen molar-refractivity contribution in [2.24, 2.45) is 0 Å². The van der Waals surface area contributed by atoms with Crippen molar-refractivity contribution in [3.05, 3.63) is 146 Å². The van der Waals surface area contributed by atoms with E-state index < -0.39 is 7.14 Å². The fourth-order valence-corrected chi connectivity index (χ4v) is 10.4. The molecule has 0 unspecified atom stereocenters. The Bertz CT molecular complexity index is 2690. The normalized spacial score (nSPS) is 13.6. The second-order valence-corrected chi connectivity index (χ2v) is 14.4. The molecular formula is C40H24N3OP. The highest BCUT2D eigenvalue weighted by molar-refractivity contribution is 7.86. The molecule has 0 radical (unpaired) electrons. The number of rotatable bonds is 2. The standard InChI is InChI=1S/C40H24N3OP/c44-45(37-15-7-3-10-30(37)31-11-4-8-16-38(31)45)27-19-22-34(41-24-27)26-18-20-28-25(23-26)17-21-32-29-9-1-2-12-33(29)40-42-35-13-5-6-14-36(35)43(40)39(28)32/h1-24H. The largest absolute Gasteiger partial charge is 0.309 e. The molecule has 1 aliphatic rings. The first-order valence-corrected chi connectivity index (χ1v) is 16.8. The van der Waals surface area contributed by atoms with E-state index in [0.717, 1.165) is 76.7 Å². The van der Waals surface area contributed by atoms with Crippen LogP contribution in [0, 0.1) is 0 Å². The van der Waals surface area contributed by atoms with Crippen LogP contribution < -0.4 is 15.9 Å². The quantitative estimate of drug-likeness (QED) is 0.149. The van der Waals surface area contributed by atoms with Gasteiger partial charge in [0.15, 0.2) is 7.14 Å². The molecule has 0 amide bonds. The predicted molar refractivity (Wildman–Crippen MR) is 187 cm³/mol. The molecule has 0 atom stereocenters. The zero-order chi connectivity index (χ0) is 29.7. The molecule has 6 aromatic carbocycles. The van der Waals surface area contributed by atoms with Crippen LogP contribution in [0.15, 0.2) is 146 Å². The number of aromatic nitrogens is 3. The van der Waals surface area contributed by atoms with E-state index in [2.05, 4.69) is 89.3 Å². The molecule has 3 aromatic heterocycles. The maximum absolute atomic E-state index is 14.8. The molecule has 10 rings (SSSR count). The lowest BCUT2D eigenvalue weighted by Crippen LogP contribution is -2.21. The molecule has 4 nitrogen and oxygen atoms in total. The van der Waals surface area contributed by atoms with E-state index in [0.29, 0.717) is 0 Å². The smallest absolute Gasteiger partial charge is 0.173 e. The summed E-state index contributed by atoms with van der Waals surface area (Å²) in [5.41, 5.74) is 8.18. The molecule has 45 heavy (non-hydrogen) atoms. The topological polar surface area (TPSA) is 47.3 Å². The van der Waals surface area contributed by atoms with E-state index in [-0.39, 0.29) is 0 Å². The van der Waals surface area contributed by atoms with Crippen molar-refractivity contribution in [2.75, 3.05) is 0 Å². The highest BCUT2D eigenvalue weighted by Crippen LogP contribution is 2.52. The van der Waals surface area contributed by atoms with Gasteiger partial charge in [-0.3, -0.25) is 9.38 Å². The zero-order valence-corrected chi connectivity index (χ0v) is 24.9. The fraction of sp³-hybridized carbons (Fsp3) is 0. The molecule has 0 N–H and O–H groups in total. The van der Waals surface area contributed by atoms with Crippen LogP contribution in [0.5, 0.6) is 0 Å². The van der Waals surface area contributed by atoms with Crippen LogP contribution in [0.3, 0.4) is 0 Å². The Labute approximate surface area is 258 Å². The Morgan fingerprint density at radius 3 is 2.04 bits per heavy atom. The van der Waals surface area contributed by atoms with Gasteiger partial charge in [-0.2, -0.15) is 0 Å². The highest BCUT2D eigenvalue weighted by atomic mass is 31.2. The number of nitrogens with zero attached hydrogens (tertiary/aromatic N) is 3. The molecule has 0 saturated heterocycles. The van der Waals surface area contributed by atoms with Gasteiger partial charge < -0.3 is 4.57 Å². The van der Waals surface area contributed by atoms with Crippen LogP contribution >= 0.6 is 7.14 Å². The van der Waals surface area contributed by atoms with E-state index in [1.165, 1.54) is 10.8 Å². The molecule has 0 fully saturated rings. The van der Waals surface area contributed by atoms with Gasteiger partial charge in [-0.15, -0.1) is 0 Å². The molecule has 9 aromatic rings. The van der Waals surface area contributed by atoms with Crippen molar-refractivity contribution in [3.8, 4) is 22.4 Å². The Hall–Kier alpha value is -5.57. The second-order valence-electron chi connectivity index (χ2n) is 11.7. The maximum Gasteiger partial charge on any atom is 0.173 e. The van der Waals surface area contributed by atoms with Gasteiger partial charge in [0.2, 0.25) is 0 Å². The molecule has 4 heterocycles. The summed E-state index contributed by atoms with van der Waals surface area (Å²) in [5.74, 6) is 0. The molecule has 0 saturated carbocycles. The fourth-order valence-electron chi connectivity index (χ4n) is 7.38. The van der Waals surface area contributed by atoms with Crippen molar-refractivity contribution in [1.29, 1.82) is 0 Å². The average molecular weight is 594 g/mol. The van der Waals surface area contributed by atoms with Crippen LogP contribution in [0.4, 0.5) is 0 Å². The van der Waals surface area contributed by atoms with Gasteiger partial charge in [-0.1, -0.05) is 109 Å². The summed E-state index contributed by atoms with van der Waals surface area (Å²) in [4.78, 5) is 9.96. The minimum Gasteiger partial charge on any atom is -0.309 e. The molecular weight excluding hydrogens is 569 g/mol. The van der Waals surface area contributed by atoms with E-state index >= 15 is 0 Å². The summed E-state index contributed by atoms with van der Waals surface area (Å²) in [6, 6.07) is 48.0. The summed E-state index contributed by atoms with van der Waals surface area (Å²) in [6.07, 6.45) is 1.81. The summed E-state index contributed by atoms with van der Waals surface area (Å²) in [5, 5.41) is 8.38. The minimum absolute atomic E-state index is 0.761. The first kappa shape index (κ1) is 24.8. The number of benzene rings is 6. The third-order valence-corrected chi connectivity index (χ3v) is 12.5. The molecule has 0 bridgehead atoms. The van der Waals surface area contributed by atoms with Gasteiger partial charge in [0.05, 0.1) is 22.2 Å². The van der Waals surface area contributed by atoms with E-state index in [4.69, 9.17) is 9.97 Å². The van der Waals surface area contributed by atoms with Crippen LogP contribution in [0.25, 0.3) is 71.5 Å². The molecule has 1 aliphatic heterocycles. The Balaban J connectivity index is 1.15. The summed E-state index contributed by atoms with van der Waals surface area (Å²) in [7, 11) is -3.01. The first-order chi connectivity index (χ1) is 22.2. The molecule has 5 heteroatoms. The molecule has 0 aliphatic carbocycles. The van der Waals surface area contributed by atoms with Crippen molar-refractivity contribution in [3.63, 3.8) is 0 Å². The van der Waals surface area contributed by atoms with Crippen LogP contribution in [-0.4, -0.2) is 14.4 Å². The van der Waals surface area contributed by atoms with E-state index in [9.17, 15) is 4.57 Å². The van der Waals surface area contributed by atoms with Gasteiger partial charge in [0.1, 0.15) is 5.65 Å². The van der Waals surface area contributed by atoms with Crippen molar-refractivity contribution < 1.29 is 4.57 Å². The number of imidazole rings is 1. The second kappa shape index (κ2) is 8.98. The van der Waals surface area contributed by atoms with E-state index in [1.54, 1.807) is 0 Å². The van der Waals surface area contributed by atoms with Crippen LogP contribution in [-0.2, 0) is 4.57 Å². The third-order valence-electron chi connectivity index (χ3n) is 9.42. The lowest BCUT2D eigenvalue weighted by atomic mass is 9.98. The Kier molecular flexibility index (Phi) is 4.95. The van der Waals surface area contributed by atoms with Crippen molar-refractivity contribution >= 4 is 72.2 Å². The predicted octanol–water partition coefficient (Wildman–Crippen LogP) is 8.63. The van der Waals surface area contributed by atoms with Gasteiger partial charge >= 0.3 is 0 Å². The number of hydrogen-bond donors (Lipinski definition) is 0. The monoisotopic (exact) mass is 593 g/mol. The molecule has 0 spiro atoms. The summed E-state index contributed by atoms with van der Waals surface area (Å²) in [6.45, 7) is 0. The van der Waals surface area contributed by atoms with Gasteiger partial charge in [0, 0.05) is 43.8 Å². The maximum atomic E-state index is 14.8. The van der Waals surface area contributed by atoms with Gasteiger partial charge in [-0.05, 0) is 52.2 Å². The van der Waals surface area contributed by atoms with E-state index in [1.807, 2.05) is 60.8 Å². The number of hydrogen-bond acceptors (Lipinski definition) is 3. The zero-order valence-electron chi connectivity index (χ0n) is 24.1. The third kappa shape index (κ3) is 3.29. The molecule has 210 valence electrons. The van der Waals surface area contributed by atoms with Crippen LogP contribution in [0.1, 0.15) is 0 Å². The van der Waals surface area contributed by atoms with Crippen molar-refractivity contribution in [1.82, 2.24) is 14.4 Å². The first-order valence-electron chi connectivity index (χ1n) is 15.1. The lowest BCUT2D eigenvalue weighted by molar-refractivity contribution is 0.593. The number of pyridine rings is 2. The summed E-state index contributed by atoms with van der Waals surface area (Å²) >= 11 is 0. The summed E-state index contributed by atoms with van der Waals surface area (Å²) < 4.78 is 17.1. The Morgan fingerprint density at radius 2 is 1.27 bits per heavy atom. The lowest BCUT2D eigenvalue weighted by Gasteiger charge is -2.16. The highest BCUT2D eigenvalue weighted by Gasteiger charge is 2.39.